The number of benzene rings is 1. The Morgan fingerprint density at radius 3 is 2.83 bits per heavy atom. The summed E-state index contributed by atoms with van der Waals surface area (Å²) < 4.78 is 19.5. The van der Waals surface area contributed by atoms with E-state index in [1.54, 1.807) is 12.1 Å². The number of urea groups is 1. The molecule has 5 heteroatoms. The molecule has 0 radical (unpaired) electrons. The number of likely N-dealkylation sites (tertiary alicyclic amines) is 1. The number of nitrogens with one attached hydrogen (secondary N) is 1. The zero-order chi connectivity index (χ0) is 16.4. The summed E-state index contributed by atoms with van der Waals surface area (Å²) in [7, 11) is 0. The van der Waals surface area contributed by atoms with Crippen molar-refractivity contribution in [1.29, 1.82) is 0 Å². The van der Waals surface area contributed by atoms with Crippen LogP contribution >= 0.6 is 0 Å². The predicted molar refractivity (Wildman–Crippen MR) is 88.1 cm³/mol. The molecule has 23 heavy (non-hydrogen) atoms. The van der Waals surface area contributed by atoms with Gasteiger partial charge in [-0.05, 0) is 48.3 Å². The van der Waals surface area contributed by atoms with Crippen molar-refractivity contribution in [2.24, 2.45) is 11.8 Å². The lowest BCUT2D eigenvalue weighted by Crippen LogP contribution is -2.33. The van der Waals surface area contributed by atoms with Crippen LogP contribution in [0, 0.1) is 17.7 Å². The SMILES string of the molecule is CC(C)c1ccc(NC(=O)N2CCC(C3CCOC3)C2)cc1F. The summed E-state index contributed by atoms with van der Waals surface area (Å²) in [6.07, 6.45) is 2.13. The van der Waals surface area contributed by atoms with E-state index in [0.29, 0.717) is 23.1 Å². The molecule has 0 saturated carbocycles. The second-order valence-electron chi connectivity index (χ2n) is 6.94. The molecule has 126 valence electrons. The standard InChI is InChI=1S/C18H25FN2O2/c1-12(2)16-4-3-15(9-17(16)19)20-18(22)21-7-5-13(10-21)14-6-8-23-11-14/h3-4,9,12-14H,5-8,10-11H2,1-2H3,(H,20,22). The van der Waals surface area contributed by atoms with E-state index in [1.165, 1.54) is 6.07 Å². The van der Waals surface area contributed by atoms with E-state index in [1.807, 2.05) is 18.7 Å². The quantitative estimate of drug-likeness (QED) is 0.919. The maximum Gasteiger partial charge on any atom is 0.321 e. The minimum atomic E-state index is -0.264. The third-order valence-electron chi connectivity index (χ3n) is 5.02. The van der Waals surface area contributed by atoms with Crippen LogP contribution in [0.15, 0.2) is 18.2 Å². The molecule has 2 unspecified atom stereocenters. The number of carbonyl (C=O) groups is 1. The lowest BCUT2D eigenvalue weighted by atomic mass is 9.91. The van der Waals surface area contributed by atoms with Crippen LogP contribution in [0.3, 0.4) is 0 Å². The Labute approximate surface area is 137 Å². The van der Waals surface area contributed by atoms with E-state index in [4.69, 9.17) is 4.74 Å². The summed E-state index contributed by atoms with van der Waals surface area (Å²) in [6.45, 7) is 7.10. The molecule has 2 saturated heterocycles. The molecule has 0 spiro atoms. The Balaban J connectivity index is 1.58. The summed E-state index contributed by atoms with van der Waals surface area (Å²) in [4.78, 5) is 14.2. The minimum Gasteiger partial charge on any atom is -0.381 e. The molecule has 2 fully saturated rings. The van der Waals surface area contributed by atoms with Crippen LogP contribution in [0.25, 0.3) is 0 Å². The van der Waals surface area contributed by atoms with Crippen molar-refractivity contribution in [2.45, 2.75) is 32.6 Å². The molecule has 3 rings (SSSR count). The topological polar surface area (TPSA) is 41.6 Å². The number of rotatable bonds is 3. The fourth-order valence-corrected chi connectivity index (χ4v) is 3.56. The predicted octanol–water partition coefficient (Wildman–Crippen LogP) is 3.84. The zero-order valence-electron chi connectivity index (χ0n) is 13.8. The second-order valence-corrected chi connectivity index (χ2v) is 6.94. The molecular weight excluding hydrogens is 295 g/mol. The number of hydrogen-bond acceptors (Lipinski definition) is 2. The monoisotopic (exact) mass is 320 g/mol. The Kier molecular flexibility index (Phi) is 4.85. The number of hydrogen-bond donors (Lipinski definition) is 1. The highest BCUT2D eigenvalue weighted by Gasteiger charge is 2.33. The van der Waals surface area contributed by atoms with E-state index in [0.717, 1.165) is 39.1 Å². The lowest BCUT2D eigenvalue weighted by molar-refractivity contribution is 0.171. The van der Waals surface area contributed by atoms with Crippen LogP contribution < -0.4 is 5.32 Å². The number of anilines is 1. The summed E-state index contributed by atoms with van der Waals surface area (Å²) in [6, 6.07) is 4.79. The average molecular weight is 320 g/mol. The number of ether oxygens (including phenoxy) is 1. The third kappa shape index (κ3) is 3.66. The van der Waals surface area contributed by atoms with Gasteiger partial charge in [0.25, 0.3) is 0 Å². The van der Waals surface area contributed by atoms with E-state index < -0.39 is 0 Å². The van der Waals surface area contributed by atoms with Crippen LogP contribution in [0.4, 0.5) is 14.9 Å². The lowest BCUT2D eigenvalue weighted by Gasteiger charge is -2.20. The van der Waals surface area contributed by atoms with Gasteiger partial charge in [-0.25, -0.2) is 9.18 Å². The van der Waals surface area contributed by atoms with Crippen LogP contribution in [-0.2, 0) is 4.74 Å². The maximum absolute atomic E-state index is 14.0. The van der Waals surface area contributed by atoms with E-state index in [-0.39, 0.29) is 17.8 Å². The first-order valence-electron chi connectivity index (χ1n) is 8.47. The molecule has 0 aliphatic carbocycles. The van der Waals surface area contributed by atoms with Crippen molar-refractivity contribution in [1.82, 2.24) is 4.90 Å². The number of nitrogens with zero attached hydrogens (tertiary/aromatic N) is 1. The molecule has 2 aliphatic rings. The van der Waals surface area contributed by atoms with Gasteiger partial charge >= 0.3 is 6.03 Å². The molecule has 0 aromatic heterocycles. The van der Waals surface area contributed by atoms with Crippen molar-refractivity contribution in [3.05, 3.63) is 29.6 Å². The van der Waals surface area contributed by atoms with Crippen LogP contribution in [0.5, 0.6) is 0 Å². The van der Waals surface area contributed by atoms with Gasteiger partial charge in [-0.15, -0.1) is 0 Å². The fourth-order valence-electron chi connectivity index (χ4n) is 3.56. The van der Waals surface area contributed by atoms with E-state index in [2.05, 4.69) is 5.32 Å². The van der Waals surface area contributed by atoms with Crippen molar-refractivity contribution in [3.63, 3.8) is 0 Å². The average Bonchev–Trinajstić information content (AvgIpc) is 3.18. The number of amides is 2. The summed E-state index contributed by atoms with van der Waals surface area (Å²) in [5.41, 5.74) is 1.19. The molecule has 2 heterocycles. The van der Waals surface area contributed by atoms with Crippen molar-refractivity contribution >= 4 is 11.7 Å². The minimum absolute atomic E-state index is 0.132. The van der Waals surface area contributed by atoms with Crippen molar-refractivity contribution in [3.8, 4) is 0 Å². The first-order chi connectivity index (χ1) is 11.0. The molecule has 1 aromatic rings. The highest BCUT2D eigenvalue weighted by molar-refractivity contribution is 5.89. The number of halogens is 1. The largest absolute Gasteiger partial charge is 0.381 e. The van der Waals surface area contributed by atoms with Gasteiger partial charge in [-0.1, -0.05) is 19.9 Å². The van der Waals surface area contributed by atoms with Gasteiger partial charge in [0.1, 0.15) is 5.82 Å². The normalized spacial score (nSPS) is 24.4. The van der Waals surface area contributed by atoms with Gasteiger partial charge in [-0.3, -0.25) is 0 Å². The molecule has 0 bridgehead atoms. The summed E-state index contributed by atoms with van der Waals surface area (Å²) in [5.74, 6) is 0.979. The Morgan fingerprint density at radius 1 is 1.35 bits per heavy atom. The Bertz CT molecular complexity index is 570. The maximum atomic E-state index is 14.0. The molecule has 2 aliphatic heterocycles. The molecular formula is C18H25FN2O2. The summed E-state index contributed by atoms with van der Waals surface area (Å²) in [5, 5.41) is 2.82. The smallest absolute Gasteiger partial charge is 0.321 e. The molecule has 4 nitrogen and oxygen atoms in total. The van der Waals surface area contributed by atoms with Crippen molar-refractivity contribution in [2.75, 3.05) is 31.6 Å². The van der Waals surface area contributed by atoms with Crippen LogP contribution in [-0.4, -0.2) is 37.2 Å². The summed E-state index contributed by atoms with van der Waals surface area (Å²) >= 11 is 0. The van der Waals surface area contributed by atoms with Gasteiger partial charge in [0.2, 0.25) is 0 Å². The van der Waals surface area contributed by atoms with E-state index in [9.17, 15) is 9.18 Å². The van der Waals surface area contributed by atoms with Crippen LogP contribution in [0.1, 0.15) is 38.2 Å². The Hall–Kier alpha value is -1.62. The highest BCUT2D eigenvalue weighted by atomic mass is 19.1. The van der Waals surface area contributed by atoms with Gasteiger partial charge in [0.05, 0.1) is 0 Å². The number of carbonyl (C=O) groups excluding carboxylic acids is 1. The van der Waals surface area contributed by atoms with Crippen LogP contribution in [0.2, 0.25) is 0 Å². The Morgan fingerprint density at radius 2 is 2.17 bits per heavy atom. The molecule has 1 N–H and O–H groups in total. The second kappa shape index (κ2) is 6.87. The first-order valence-corrected chi connectivity index (χ1v) is 8.47. The first kappa shape index (κ1) is 16.2. The van der Waals surface area contributed by atoms with Gasteiger partial charge in [0, 0.05) is 32.0 Å². The van der Waals surface area contributed by atoms with E-state index >= 15 is 0 Å². The third-order valence-corrected chi connectivity index (χ3v) is 5.02. The molecule has 2 atom stereocenters. The molecule has 2 amide bonds. The zero-order valence-corrected chi connectivity index (χ0v) is 13.8. The van der Waals surface area contributed by atoms with Gasteiger partial charge in [-0.2, -0.15) is 0 Å². The highest BCUT2D eigenvalue weighted by Crippen LogP contribution is 2.30. The molecule has 1 aromatic carbocycles. The fraction of sp³-hybridized carbons (Fsp3) is 0.611. The van der Waals surface area contributed by atoms with Crippen molar-refractivity contribution < 1.29 is 13.9 Å². The van der Waals surface area contributed by atoms with Gasteiger partial charge in [0.15, 0.2) is 0 Å². The van der Waals surface area contributed by atoms with Gasteiger partial charge < -0.3 is 15.0 Å².